The summed E-state index contributed by atoms with van der Waals surface area (Å²) in [6.45, 7) is 0. The van der Waals surface area contributed by atoms with Crippen LogP contribution < -0.4 is 0 Å². The molecule has 1 aromatic heterocycles. The normalized spacial score (nSPS) is 11.4. The Morgan fingerprint density at radius 3 is 2.16 bits per heavy atom. The van der Waals surface area contributed by atoms with Gasteiger partial charge in [-0.15, -0.1) is 0 Å². The van der Waals surface area contributed by atoms with Crippen molar-refractivity contribution in [1.29, 1.82) is 0 Å². The van der Waals surface area contributed by atoms with Crippen LogP contribution in [-0.4, -0.2) is 9.97 Å². The molecule has 7 heteroatoms. The maximum atomic E-state index is 13.9. The standard InChI is InChI=1S/C12H3Br2F3N2/c13-4-1-2-5-6(3-4)19-12-10(17)8(15)7(14)9(16)11(12)18-5/h1-3H. The van der Waals surface area contributed by atoms with Gasteiger partial charge in [0.2, 0.25) is 0 Å². The van der Waals surface area contributed by atoms with Gasteiger partial charge in [0.25, 0.3) is 0 Å². The van der Waals surface area contributed by atoms with Crippen LogP contribution in [0.4, 0.5) is 13.2 Å². The van der Waals surface area contributed by atoms with Crippen molar-refractivity contribution >= 4 is 53.9 Å². The monoisotopic (exact) mass is 390 g/mol. The van der Waals surface area contributed by atoms with Crippen LogP contribution >= 0.6 is 31.9 Å². The van der Waals surface area contributed by atoms with Gasteiger partial charge in [0.05, 0.1) is 15.5 Å². The van der Waals surface area contributed by atoms with Crippen molar-refractivity contribution in [3.8, 4) is 0 Å². The lowest BCUT2D eigenvalue weighted by Gasteiger charge is -2.06. The van der Waals surface area contributed by atoms with Gasteiger partial charge in [0, 0.05) is 4.47 Å². The van der Waals surface area contributed by atoms with Crippen molar-refractivity contribution < 1.29 is 13.2 Å². The van der Waals surface area contributed by atoms with Crippen molar-refractivity contribution in [2.24, 2.45) is 0 Å². The van der Waals surface area contributed by atoms with Crippen LogP contribution in [0.25, 0.3) is 22.1 Å². The van der Waals surface area contributed by atoms with Gasteiger partial charge in [-0.3, -0.25) is 0 Å². The summed E-state index contributed by atoms with van der Waals surface area (Å²) >= 11 is 5.90. The second-order valence-electron chi connectivity index (χ2n) is 3.81. The molecule has 0 fully saturated rings. The van der Waals surface area contributed by atoms with Crippen molar-refractivity contribution in [2.45, 2.75) is 0 Å². The van der Waals surface area contributed by atoms with E-state index in [0.717, 1.165) is 0 Å². The minimum Gasteiger partial charge on any atom is -0.241 e. The summed E-state index contributed by atoms with van der Waals surface area (Å²) in [5.74, 6) is -3.50. The first-order valence-electron chi connectivity index (χ1n) is 5.08. The molecule has 0 aliphatic heterocycles. The fourth-order valence-electron chi connectivity index (χ4n) is 1.73. The molecular formula is C12H3Br2F3N2. The predicted molar refractivity (Wildman–Crippen MR) is 72.3 cm³/mol. The molecule has 0 atom stereocenters. The van der Waals surface area contributed by atoms with Crippen LogP contribution in [-0.2, 0) is 0 Å². The number of halogens is 5. The number of aromatic nitrogens is 2. The van der Waals surface area contributed by atoms with E-state index in [4.69, 9.17) is 0 Å². The first kappa shape index (κ1) is 12.8. The van der Waals surface area contributed by atoms with Crippen LogP contribution in [0, 0.1) is 17.5 Å². The molecule has 0 bridgehead atoms. The van der Waals surface area contributed by atoms with Gasteiger partial charge in [-0.1, -0.05) is 15.9 Å². The lowest BCUT2D eigenvalue weighted by Crippen LogP contribution is -1.99. The highest BCUT2D eigenvalue weighted by Gasteiger charge is 2.21. The van der Waals surface area contributed by atoms with Crippen molar-refractivity contribution in [3.63, 3.8) is 0 Å². The zero-order chi connectivity index (χ0) is 13.7. The Hall–Kier alpha value is -1.21. The number of hydrogen-bond donors (Lipinski definition) is 0. The summed E-state index contributed by atoms with van der Waals surface area (Å²) in [5, 5.41) is 0. The summed E-state index contributed by atoms with van der Waals surface area (Å²) in [4.78, 5) is 7.92. The SMILES string of the molecule is Fc1c(Br)c(F)c2nc3ccc(Br)cc3nc2c1F. The van der Waals surface area contributed by atoms with Crippen molar-refractivity contribution in [3.05, 3.63) is 44.6 Å². The highest BCUT2D eigenvalue weighted by molar-refractivity contribution is 9.10. The van der Waals surface area contributed by atoms with E-state index >= 15 is 0 Å². The molecule has 3 rings (SSSR count). The highest BCUT2D eigenvalue weighted by Crippen LogP contribution is 2.30. The molecule has 0 aliphatic carbocycles. The summed E-state index contributed by atoms with van der Waals surface area (Å²) in [6.07, 6.45) is 0. The third-order valence-electron chi connectivity index (χ3n) is 2.62. The first-order valence-corrected chi connectivity index (χ1v) is 6.66. The molecule has 3 aromatic rings. The summed E-state index contributed by atoms with van der Waals surface area (Å²) in [5.41, 5.74) is 0.0128. The topological polar surface area (TPSA) is 25.8 Å². The molecule has 0 saturated heterocycles. The highest BCUT2D eigenvalue weighted by atomic mass is 79.9. The molecule has 0 amide bonds. The van der Waals surface area contributed by atoms with Gasteiger partial charge in [0.15, 0.2) is 17.5 Å². The molecule has 19 heavy (non-hydrogen) atoms. The number of fused-ring (bicyclic) bond motifs is 2. The van der Waals surface area contributed by atoms with Crippen molar-refractivity contribution in [2.75, 3.05) is 0 Å². The van der Waals surface area contributed by atoms with E-state index in [0.29, 0.717) is 15.5 Å². The molecule has 0 saturated carbocycles. The molecule has 2 nitrogen and oxygen atoms in total. The summed E-state index contributed by atoms with van der Waals surface area (Å²) in [6, 6.07) is 4.91. The van der Waals surface area contributed by atoms with Gasteiger partial charge in [-0.25, -0.2) is 23.1 Å². The Bertz CT molecular complexity index is 836. The maximum absolute atomic E-state index is 13.9. The number of rotatable bonds is 0. The zero-order valence-electron chi connectivity index (χ0n) is 9.02. The van der Waals surface area contributed by atoms with E-state index in [2.05, 4.69) is 41.8 Å². The Morgan fingerprint density at radius 2 is 1.42 bits per heavy atom. The minimum absolute atomic E-state index is 0.305. The smallest absolute Gasteiger partial charge is 0.188 e. The van der Waals surface area contributed by atoms with Crippen LogP contribution in [0.2, 0.25) is 0 Å². The van der Waals surface area contributed by atoms with Gasteiger partial charge in [-0.2, -0.15) is 0 Å². The van der Waals surface area contributed by atoms with E-state index < -0.39 is 27.4 Å². The van der Waals surface area contributed by atoms with Gasteiger partial charge >= 0.3 is 0 Å². The number of hydrogen-bond acceptors (Lipinski definition) is 2. The molecule has 96 valence electrons. The molecule has 0 N–H and O–H groups in total. The average Bonchev–Trinajstić information content (AvgIpc) is 2.41. The number of benzene rings is 2. The Morgan fingerprint density at radius 1 is 0.789 bits per heavy atom. The van der Waals surface area contributed by atoms with E-state index in [9.17, 15) is 13.2 Å². The molecule has 1 heterocycles. The molecule has 0 unspecified atom stereocenters. The average molecular weight is 392 g/mol. The van der Waals surface area contributed by atoms with Crippen LogP contribution in [0.3, 0.4) is 0 Å². The summed E-state index contributed by atoms with van der Waals surface area (Å²) < 4.78 is 41.3. The van der Waals surface area contributed by atoms with Crippen LogP contribution in [0.5, 0.6) is 0 Å². The molecule has 0 radical (unpaired) electrons. The third kappa shape index (κ3) is 1.92. The lowest BCUT2D eigenvalue weighted by molar-refractivity contribution is 0.496. The van der Waals surface area contributed by atoms with Gasteiger partial charge < -0.3 is 0 Å². The molecule has 0 spiro atoms. The van der Waals surface area contributed by atoms with Crippen LogP contribution in [0.1, 0.15) is 0 Å². The van der Waals surface area contributed by atoms with Crippen LogP contribution in [0.15, 0.2) is 27.1 Å². The van der Waals surface area contributed by atoms with E-state index in [1.54, 1.807) is 18.2 Å². The Kier molecular flexibility index (Phi) is 2.98. The summed E-state index contributed by atoms with van der Waals surface area (Å²) in [7, 11) is 0. The fourth-order valence-corrected chi connectivity index (χ4v) is 2.45. The number of nitrogens with zero attached hydrogens (tertiary/aromatic N) is 2. The van der Waals surface area contributed by atoms with Gasteiger partial charge in [0.1, 0.15) is 11.0 Å². The largest absolute Gasteiger partial charge is 0.241 e. The first-order chi connectivity index (χ1) is 8.99. The van der Waals surface area contributed by atoms with E-state index in [-0.39, 0.29) is 5.52 Å². The van der Waals surface area contributed by atoms with Gasteiger partial charge in [-0.05, 0) is 34.1 Å². The predicted octanol–water partition coefficient (Wildman–Crippen LogP) is 4.73. The fraction of sp³-hybridized carbons (Fsp3) is 0. The second kappa shape index (κ2) is 4.42. The Balaban J connectivity index is 2.55. The third-order valence-corrected chi connectivity index (χ3v) is 3.81. The molecule has 0 aliphatic rings. The lowest BCUT2D eigenvalue weighted by atomic mass is 10.2. The molecule has 2 aromatic carbocycles. The second-order valence-corrected chi connectivity index (χ2v) is 5.52. The molecular weight excluding hydrogens is 389 g/mol. The quantitative estimate of drug-likeness (QED) is 0.314. The van der Waals surface area contributed by atoms with Crippen molar-refractivity contribution in [1.82, 2.24) is 9.97 Å². The minimum atomic E-state index is -1.31. The maximum Gasteiger partial charge on any atom is 0.188 e. The Labute approximate surface area is 121 Å². The van der Waals surface area contributed by atoms with E-state index in [1.807, 2.05) is 0 Å². The van der Waals surface area contributed by atoms with E-state index in [1.165, 1.54) is 0 Å². The zero-order valence-corrected chi connectivity index (χ0v) is 12.2.